The van der Waals surface area contributed by atoms with Crippen LogP contribution in [-0.2, 0) is 0 Å². The van der Waals surface area contributed by atoms with Gasteiger partial charge in [-0.15, -0.1) is 13.2 Å². The molecule has 0 amide bonds. The fourth-order valence-corrected chi connectivity index (χ4v) is 1.73. The van der Waals surface area contributed by atoms with Gasteiger partial charge in [0.15, 0.2) is 0 Å². The van der Waals surface area contributed by atoms with Crippen molar-refractivity contribution in [1.29, 1.82) is 0 Å². The van der Waals surface area contributed by atoms with Crippen molar-refractivity contribution in [2.75, 3.05) is 19.6 Å². The van der Waals surface area contributed by atoms with Crippen LogP contribution in [0.25, 0.3) is 0 Å². The Morgan fingerprint density at radius 1 is 1.07 bits per heavy atom. The number of piperazine rings is 1. The number of rotatable bonds is 4. The van der Waals surface area contributed by atoms with Gasteiger partial charge in [0.25, 0.3) is 0 Å². The summed E-state index contributed by atoms with van der Waals surface area (Å²) in [6.45, 7) is 10.7. The maximum Gasteiger partial charge on any atom is 0.0375 e. The Hall–Kier alpha value is -0.0200. The average Bonchev–Trinajstić information content (AvgIpc) is 2.07. The maximum atomic E-state index is 3.78. The predicted octanol–water partition coefficient (Wildman–Crippen LogP) is -4.92. The van der Waals surface area contributed by atoms with Crippen molar-refractivity contribution >= 4 is 0 Å². The van der Waals surface area contributed by atoms with Gasteiger partial charge in [-0.3, -0.25) is 0 Å². The smallest absolute Gasteiger partial charge is 0.0375 e. The molecule has 1 aliphatic heterocycles. The van der Waals surface area contributed by atoms with Crippen molar-refractivity contribution in [2.24, 2.45) is 0 Å². The SMILES string of the molecule is C=CCC1(CC=C)CNCCN1.[Cl-].[Cl-]. The first-order chi connectivity index (χ1) is 5.83. The molecule has 0 aromatic carbocycles. The molecule has 0 aliphatic carbocycles. The van der Waals surface area contributed by atoms with Crippen LogP contribution >= 0.6 is 0 Å². The molecule has 84 valence electrons. The highest BCUT2D eigenvalue weighted by molar-refractivity contribution is 5.01. The van der Waals surface area contributed by atoms with E-state index in [1.807, 2.05) is 12.2 Å². The summed E-state index contributed by atoms with van der Waals surface area (Å²) in [6, 6.07) is 0. The summed E-state index contributed by atoms with van der Waals surface area (Å²) in [5.74, 6) is 0. The molecule has 1 fully saturated rings. The Kier molecular flexibility index (Phi) is 9.73. The lowest BCUT2D eigenvalue weighted by molar-refractivity contribution is -0.00100. The van der Waals surface area contributed by atoms with E-state index in [-0.39, 0.29) is 30.4 Å². The van der Waals surface area contributed by atoms with Gasteiger partial charge in [0, 0.05) is 25.2 Å². The predicted molar refractivity (Wildman–Crippen MR) is 53.2 cm³/mol. The zero-order chi connectivity index (χ0) is 8.86. The van der Waals surface area contributed by atoms with Gasteiger partial charge in [-0.2, -0.15) is 0 Å². The van der Waals surface area contributed by atoms with Gasteiger partial charge in [0.1, 0.15) is 0 Å². The normalized spacial score (nSPS) is 18.6. The topological polar surface area (TPSA) is 24.1 Å². The molecule has 0 atom stereocenters. The molecule has 1 aliphatic rings. The van der Waals surface area contributed by atoms with Gasteiger partial charge in [0.2, 0.25) is 0 Å². The molecule has 0 aromatic heterocycles. The molecular formula is C10H18Cl2N2-2. The van der Waals surface area contributed by atoms with Crippen molar-refractivity contribution in [3.05, 3.63) is 25.3 Å². The Morgan fingerprint density at radius 3 is 2.00 bits per heavy atom. The molecule has 1 saturated heterocycles. The summed E-state index contributed by atoms with van der Waals surface area (Å²) in [6.07, 6.45) is 5.96. The first-order valence-electron chi connectivity index (χ1n) is 4.50. The lowest BCUT2D eigenvalue weighted by Gasteiger charge is -2.37. The van der Waals surface area contributed by atoms with E-state index in [2.05, 4.69) is 23.8 Å². The Labute approximate surface area is 99.0 Å². The second-order valence-electron chi connectivity index (χ2n) is 3.37. The molecule has 4 heteroatoms. The molecule has 0 saturated carbocycles. The third-order valence-electron chi connectivity index (χ3n) is 2.34. The molecule has 1 heterocycles. The molecule has 0 radical (unpaired) electrons. The average molecular weight is 237 g/mol. The number of nitrogens with one attached hydrogen (secondary N) is 2. The fraction of sp³-hybridized carbons (Fsp3) is 0.600. The number of halogens is 2. The molecule has 2 nitrogen and oxygen atoms in total. The quantitative estimate of drug-likeness (QED) is 0.479. The lowest BCUT2D eigenvalue weighted by Crippen LogP contribution is -3.00. The fourth-order valence-electron chi connectivity index (χ4n) is 1.73. The first kappa shape index (κ1) is 16.4. The van der Waals surface area contributed by atoms with Crippen molar-refractivity contribution < 1.29 is 24.8 Å². The standard InChI is InChI=1S/C10H18N2.2ClH/c1-3-5-10(6-4-2)9-11-7-8-12-10;;/h3-4,11-12H,1-2,5-9H2;2*1H/p-2. The van der Waals surface area contributed by atoms with E-state index in [1.54, 1.807) is 0 Å². The monoisotopic (exact) mass is 236 g/mol. The molecule has 0 aromatic rings. The minimum Gasteiger partial charge on any atom is -1.00 e. The molecule has 0 bridgehead atoms. The van der Waals surface area contributed by atoms with Crippen LogP contribution in [0, 0.1) is 0 Å². The minimum absolute atomic E-state index is 0. The molecular weight excluding hydrogens is 219 g/mol. The Morgan fingerprint density at radius 2 is 1.64 bits per heavy atom. The molecule has 0 unspecified atom stereocenters. The highest BCUT2D eigenvalue weighted by Gasteiger charge is 2.28. The van der Waals surface area contributed by atoms with E-state index < -0.39 is 0 Å². The second kappa shape index (κ2) is 8.30. The highest BCUT2D eigenvalue weighted by Crippen LogP contribution is 2.17. The minimum atomic E-state index is 0. The van der Waals surface area contributed by atoms with Crippen molar-refractivity contribution in [3.8, 4) is 0 Å². The summed E-state index contributed by atoms with van der Waals surface area (Å²) >= 11 is 0. The van der Waals surface area contributed by atoms with Crippen LogP contribution in [0.5, 0.6) is 0 Å². The van der Waals surface area contributed by atoms with E-state index in [9.17, 15) is 0 Å². The molecule has 0 spiro atoms. The van der Waals surface area contributed by atoms with Crippen LogP contribution in [0.15, 0.2) is 25.3 Å². The number of hydrogen-bond donors (Lipinski definition) is 2. The van der Waals surface area contributed by atoms with Crippen LogP contribution in [0.4, 0.5) is 0 Å². The summed E-state index contributed by atoms with van der Waals surface area (Å²) in [5.41, 5.74) is 0.182. The van der Waals surface area contributed by atoms with Gasteiger partial charge in [-0.25, -0.2) is 0 Å². The van der Waals surface area contributed by atoms with Crippen LogP contribution in [0.2, 0.25) is 0 Å². The first-order valence-corrected chi connectivity index (χ1v) is 4.50. The van der Waals surface area contributed by atoms with E-state index in [1.165, 1.54) is 0 Å². The highest BCUT2D eigenvalue weighted by atomic mass is 35.5. The third-order valence-corrected chi connectivity index (χ3v) is 2.34. The van der Waals surface area contributed by atoms with E-state index in [0.29, 0.717) is 0 Å². The summed E-state index contributed by atoms with van der Waals surface area (Å²) in [7, 11) is 0. The molecule has 2 N–H and O–H groups in total. The summed E-state index contributed by atoms with van der Waals surface area (Å²) < 4.78 is 0. The molecule has 1 rings (SSSR count). The number of hydrogen-bond acceptors (Lipinski definition) is 2. The van der Waals surface area contributed by atoms with Gasteiger partial charge in [0.05, 0.1) is 0 Å². The Bertz CT molecular complexity index is 154. The van der Waals surface area contributed by atoms with Crippen LogP contribution < -0.4 is 35.4 Å². The zero-order valence-electron chi connectivity index (χ0n) is 8.36. The summed E-state index contributed by atoms with van der Waals surface area (Å²) in [4.78, 5) is 0. The van der Waals surface area contributed by atoms with Gasteiger partial charge in [-0.1, -0.05) is 12.2 Å². The Balaban J connectivity index is 0. The van der Waals surface area contributed by atoms with Crippen LogP contribution in [0.1, 0.15) is 12.8 Å². The zero-order valence-corrected chi connectivity index (χ0v) is 9.87. The van der Waals surface area contributed by atoms with E-state index in [0.717, 1.165) is 32.5 Å². The van der Waals surface area contributed by atoms with E-state index in [4.69, 9.17) is 0 Å². The lowest BCUT2D eigenvalue weighted by atomic mass is 9.89. The van der Waals surface area contributed by atoms with Gasteiger partial charge in [-0.05, 0) is 12.8 Å². The second-order valence-corrected chi connectivity index (χ2v) is 3.37. The van der Waals surface area contributed by atoms with E-state index >= 15 is 0 Å². The third kappa shape index (κ3) is 4.47. The van der Waals surface area contributed by atoms with Gasteiger partial charge < -0.3 is 35.4 Å². The maximum absolute atomic E-state index is 3.78. The van der Waals surface area contributed by atoms with Crippen molar-refractivity contribution in [3.63, 3.8) is 0 Å². The van der Waals surface area contributed by atoms with Gasteiger partial charge >= 0.3 is 0 Å². The molecule has 14 heavy (non-hydrogen) atoms. The van der Waals surface area contributed by atoms with Crippen molar-refractivity contribution in [1.82, 2.24) is 10.6 Å². The van der Waals surface area contributed by atoms with Crippen LogP contribution in [0.3, 0.4) is 0 Å². The summed E-state index contributed by atoms with van der Waals surface area (Å²) in [5, 5.41) is 6.92. The van der Waals surface area contributed by atoms with Crippen LogP contribution in [-0.4, -0.2) is 25.2 Å². The van der Waals surface area contributed by atoms with Crippen molar-refractivity contribution in [2.45, 2.75) is 18.4 Å². The largest absolute Gasteiger partial charge is 1.00 e.